The van der Waals surface area contributed by atoms with Crippen molar-refractivity contribution in [2.45, 2.75) is 18.9 Å². The standard InChI is InChI=1S/C11H12BrN3.ClH/c12-8-3-4-11-14-10(7-15(11)6-8)9-2-1-5-13-9;/h3-4,6-7,9,13H,1-2,5H2;1H/t9-;/m1./s1. The van der Waals surface area contributed by atoms with Crippen LogP contribution in [-0.2, 0) is 0 Å². The number of rotatable bonds is 1. The van der Waals surface area contributed by atoms with Crippen LogP contribution in [0.3, 0.4) is 0 Å². The van der Waals surface area contributed by atoms with Crippen molar-refractivity contribution in [2.75, 3.05) is 6.54 Å². The Labute approximate surface area is 109 Å². The fourth-order valence-corrected chi connectivity index (χ4v) is 2.44. The van der Waals surface area contributed by atoms with Crippen molar-refractivity contribution in [1.82, 2.24) is 14.7 Å². The molecule has 1 saturated heterocycles. The Kier molecular flexibility index (Phi) is 3.52. The largest absolute Gasteiger partial charge is 0.309 e. The van der Waals surface area contributed by atoms with E-state index in [1.807, 2.05) is 18.3 Å². The van der Waals surface area contributed by atoms with Gasteiger partial charge in [-0.05, 0) is 47.4 Å². The van der Waals surface area contributed by atoms with Crippen LogP contribution in [0.15, 0.2) is 29.0 Å². The molecular formula is C11H13BrClN3. The molecule has 3 heterocycles. The van der Waals surface area contributed by atoms with Gasteiger partial charge in [-0.2, -0.15) is 0 Å². The molecule has 1 atom stereocenters. The second-order valence-electron chi connectivity index (χ2n) is 3.93. The van der Waals surface area contributed by atoms with Crippen LogP contribution in [0.2, 0.25) is 0 Å². The van der Waals surface area contributed by atoms with Crippen molar-refractivity contribution in [3.8, 4) is 0 Å². The molecule has 3 nitrogen and oxygen atoms in total. The molecule has 0 amide bonds. The number of imidazole rings is 1. The van der Waals surface area contributed by atoms with Crippen molar-refractivity contribution >= 4 is 34.0 Å². The summed E-state index contributed by atoms with van der Waals surface area (Å²) in [6.45, 7) is 1.11. The van der Waals surface area contributed by atoms with Gasteiger partial charge in [0.05, 0.1) is 11.7 Å². The van der Waals surface area contributed by atoms with Crippen LogP contribution in [-0.4, -0.2) is 15.9 Å². The summed E-state index contributed by atoms with van der Waals surface area (Å²) in [6.07, 6.45) is 6.61. The molecule has 0 aliphatic carbocycles. The summed E-state index contributed by atoms with van der Waals surface area (Å²) >= 11 is 3.46. The minimum absolute atomic E-state index is 0. The summed E-state index contributed by atoms with van der Waals surface area (Å²) in [5.41, 5.74) is 2.17. The van der Waals surface area contributed by atoms with Gasteiger partial charge in [0.1, 0.15) is 5.65 Å². The lowest BCUT2D eigenvalue weighted by atomic mass is 10.2. The first kappa shape index (κ1) is 11.9. The third-order valence-corrected chi connectivity index (χ3v) is 3.32. The van der Waals surface area contributed by atoms with E-state index in [1.165, 1.54) is 12.8 Å². The summed E-state index contributed by atoms with van der Waals surface area (Å²) in [5, 5.41) is 3.46. The van der Waals surface area contributed by atoms with Crippen LogP contribution in [0.25, 0.3) is 5.65 Å². The molecule has 86 valence electrons. The molecule has 0 spiro atoms. The first-order valence-electron chi connectivity index (χ1n) is 5.20. The van der Waals surface area contributed by atoms with Gasteiger partial charge in [0.15, 0.2) is 0 Å². The number of pyridine rings is 1. The van der Waals surface area contributed by atoms with Gasteiger partial charge in [-0.25, -0.2) is 4.98 Å². The molecule has 0 aromatic carbocycles. The van der Waals surface area contributed by atoms with Gasteiger partial charge in [-0.15, -0.1) is 12.4 Å². The molecule has 5 heteroatoms. The first-order valence-corrected chi connectivity index (χ1v) is 6.00. The SMILES string of the molecule is Brc1ccc2nc([C@H]3CCCN3)cn2c1.Cl. The van der Waals surface area contributed by atoms with Crippen LogP contribution in [0.5, 0.6) is 0 Å². The maximum atomic E-state index is 4.62. The highest BCUT2D eigenvalue weighted by molar-refractivity contribution is 9.10. The molecule has 0 bridgehead atoms. The van der Waals surface area contributed by atoms with Crippen molar-refractivity contribution in [1.29, 1.82) is 0 Å². The molecule has 16 heavy (non-hydrogen) atoms. The molecular weight excluding hydrogens is 289 g/mol. The number of nitrogens with zero attached hydrogens (tertiary/aromatic N) is 2. The molecule has 1 aliphatic rings. The topological polar surface area (TPSA) is 29.3 Å². The lowest BCUT2D eigenvalue weighted by molar-refractivity contribution is 0.632. The van der Waals surface area contributed by atoms with Gasteiger partial charge in [0, 0.05) is 16.9 Å². The highest BCUT2D eigenvalue weighted by atomic mass is 79.9. The predicted octanol–water partition coefficient (Wildman–Crippen LogP) is 2.94. The number of nitrogens with one attached hydrogen (secondary N) is 1. The third kappa shape index (κ3) is 2.10. The van der Waals surface area contributed by atoms with E-state index >= 15 is 0 Å². The fourth-order valence-electron chi connectivity index (χ4n) is 2.09. The second kappa shape index (κ2) is 4.73. The Balaban J connectivity index is 0.000000963. The van der Waals surface area contributed by atoms with Gasteiger partial charge in [-0.1, -0.05) is 0 Å². The second-order valence-corrected chi connectivity index (χ2v) is 4.84. The van der Waals surface area contributed by atoms with Crippen molar-refractivity contribution in [3.05, 3.63) is 34.7 Å². The summed E-state index contributed by atoms with van der Waals surface area (Å²) in [5.74, 6) is 0. The van der Waals surface area contributed by atoms with Gasteiger partial charge < -0.3 is 9.72 Å². The van der Waals surface area contributed by atoms with Gasteiger partial charge in [-0.3, -0.25) is 0 Å². The molecule has 1 fully saturated rings. The van der Waals surface area contributed by atoms with Gasteiger partial charge in [0.2, 0.25) is 0 Å². The van der Waals surface area contributed by atoms with E-state index in [0.29, 0.717) is 6.04 Å². The average Bonchev–Trinajstić information content (AvgIpc) is 2.84. The minimum Gasteiger partial charge on any atom is -0.309 e. The molecule has 2 aromatic rings. The van der Waals surface area contributed by atoms with Gasteiger partial charge in [0.25, 0.3) is 0 Å². The van der Waals surface area contributed by atoms with Crippen LogP contribution >= 0.6 is 28.3 Å². The smallest absolute Gasteiger partial charge is 0.137 e. The Hall–Kier alpha value is -0.580. The van der Waals surface area contributed by atoms with Crippen LogP contribution in [0.1, 0.15) is 24.6 Å². The Morgan fingerprint density at radius 1 is 1.38 bits per heavy atom. The summed E-state index contributed by atoms with van der Waals surface area (Å²) < 4.78 is 3.15. The van der Waals surface area contributed by atoms with Crippen LogP contribution in [0, 0.1) is 0 Å². The van der Waals surface area contributed by atoms with Gasteiger partial charge >= 0.3 is 0 Å². The molecule has 3 rings (SSSR count). The average molecular weight is 303 g/mol. The predicted molar refractivity (Wildman–Crippen MR) is 70.1 cm³/mol. The Morgan fingerprint density at radius 3 is 3.00 bits per heavy atom. The number of hydrogen-bond donors (Lipinski definition) is 1. The number of fused-ring (bicyclic) bond motifs is 1. The molecule has 0 saturated carbocycles. The zero-order chi connectivity index (χ0) is 10.3. The Morgan fingerprint density at radius 2 is 2.25 bits per heavy atom. The maximum absolute atomic E-state index is 4.62. The van der Waals surface area contributed by atoms with E-state index in [1.54, 1.807) is 0 Å². The normalized spacial score (nSPS) is 19.9. The van der Waals surface area contributed by atoms with Crippen molar-refractivity contribution in [3.63, 3.8) is 0 Å². The summed E-state index contributed by atoms with van der Waals surface area (Å²) in [4.78, 5) is 4.62. The number of aromatic nitrogens is 2. The summed E-state index contributed by atoms with van der Waals surface area (Å²) in [7, 11) is 0. The molecule has 2 aromatic heterocycles. The van der Waals surface area contributed by atoms with Crippen molar-refractivity contribution < 1.29 is 0 Å². The van der Waals surface area contributed by atoms with E-state index in [2.05, 4.69) is 36.8 Å². The quantitative estimate of drug-likeness (QED) is 0.877. The minimum atomic E-state index is 0. The van der Waals surface area contributed by atoms with E-state index in [0.717, 1.165) is 22.4 Å². The lowest BCUT2D eigenvalue weighted by Gasteiger charge is -2.04. The van der Waals surface area contributed by atoms with Crippen LogP contribution < -0.4 is 5.32 Å². The highest BCUT2D eigenvalue weighted by Crippen LogP contribution is 2.23. The van der Waals surface area contributed by atoms with E-state index in [-0.39, 0.29) is 12.4 Å². The zero-order valence-corrected chi connectivity index (χ0v) is 11.1. The number of halogens is 2. The molecule has 1 aliphatic heterocycles. The molecule has 1 N–H and O–H groups in total. The zero-order valence-electron chi connectivity index (χ0n) is 8.69. The molecule has 0 radical (unpaired) electrons. The maximum Gasteiger partial charge on any atom is 0.137 e. The lowest BCUT2D eigenvalue weighted by Crippen LogP contribution is -2.12. The highest BCUT2D eigenvalue weighted by Gasteiger charge is 2.18. The van der Waals surface area contributed by atoms with E-state index in [4.69, 9.17) is 0 Å². The Bertz CT molecular complexity index is 491. The van der Waals surface area contributed by atoms with E-state index < -0.39 is 0 Å². The first-order chi connectivity index (χ1) is 7.33. The third-order valence-electron chi connectivity index (χ3n) is 2.85. The summed E-state index contributed by atoms with van der Waals surface area (Å²) in [6, 6.07) is 4.50. The molecule has 0 unspecified atom stereocenters. The van der Waals surface area contributed by atoms with Crippen LogP contribution in [0.4, 0.5) is 0 Å². The number of hydrogen-bond acceptors (Lipinski definition) is 2. The monoisotopic (exact) mass is 301 g/mol. The van der Waals surface area contributed by atoms with Crippen molar-refractivity contribution in [2.24, 2.45) is 0 Å². The van der Waals surface area contributed by atoms with E-state index in [9.17, 15) is 0 Å². The fraction of sp³-hybridized carbons (Fsp3) is 0.364.